The van der Waals surface area contributed by atoms with Crippen molar-refractivity contribution in [2.24, 2.45) is 5.84 Å². The molecule has 0 bridgehead atoms. The van der Waals surface area contributed by atoms with Gasteiger partial charge in [-0.3, -0.25) is 5.84 Å². The molecule has 1 aliphatic rings. The first-order valence-corrected chi connectivity index (χ1v) is 5.40. The zero-order chi connectivity index (χ0) is 9.97. The molecule has 0 aromatic heterocycles. The Morgan fingerprint density at radius 2 is 2.36 bits per heavy atom. The Bertz CT molecular complexity index is 345. The maximum absolute atomic E-state index is 5.39. The third kappa shape index (κ3) is 1.64. The second-order valence-corrected chi connectivity index (χ2v) is 4.56. The van der Waals surface area contributed by atoms with E-state index in [1.807, 2.05) is 11.8 Å². The van der Waals surface area contributed by atoms with E-state index in [4.69, 9.17) is 12.3 Å². The van der Waals surface area contributed by atoms with Gasteiger partial charge in [0.15, 0.2) is 0 Å². The largest absolute Gasteiger partial charge is 0.270 e. The molecule has 14 heavy (non-hydrogen) atoms. The molecule has 2 unspecified atom stereocenters. The summed E-state index contributed by atoms with van der Waals surface area (Å²) in [6.07, 6.45) is 6.39. The van der Waals surface area contributed by atoms with Crippen LogP contribution in [0.3, 0.4) is 0 Å². The van der Waals surface area contributed by atoms with E-state index < -0.39 is 0 Å². The maximum Gasteiger partial charge on any atom is 0.0939 e. The van der Waals surface area contributed by atoms with Gasteiger partial charge in [0.25, 0.3) is 0 Å². The van der Waals surface area contributed by atoms with Crippen LogP contribution < -0.4 is 11.3 Å². The second-order valence-electron chi connectivity index (χ2n) is 3.28. The van der Waals surface area contributed by atoms with Gasteiger partial charge in [-0.15, -0.1) is 18.2 Å². The minimum absolute atomic E-state index is 0.0487. The number of thioether (sulfide) groups is 1. The topological polar surface area (TPSA) is 38.0 Å². The van der Waals surface area contributed by atoms with E-state index >= 15 is 0 Å². The number of hydrogen-bond donors (Lipinski definition) is 2. The van der Waals surface area contributed by atoms with Crippen molar-refractivity contribution in [3.05, 3.63) is 29.8 Å². The molecule has 72 valence electrons. The van der Waals surface area contributed by atoms with Crippen LogP contribution in [0.5, 0.6) is 0 Å². The summed E-state index contributed by atoms with van der Waals surface area (Å²) in [4.78, 5) is 1.33. The van der Waals surface area contributed by atoms with Crippen molar-refractivity contribution >= 4 is 11.8 Å². The highest BCUT2D eigenvalue weighted by Gasteiger charge is 2.27. The number of benzene rings is 1. The Hall–Kier alpha value is -0.950. The molecular formula is C11H12N2S. The highest BCUT2D eigenvalue weighted by molar-refractivity contribution is 8.00. The molecule has 2 rings (SSSR count). The van der Waals surface area contributed by atoms with Crippen molar-refractivity contribution in [1.29, 1.82) is 0 Å². The van der Waals surface area contributed by atoms with Gasteiger partial charge in [0.05, 0.1) is 6.04 Å². The number of nitrogens with one attached hydrogen (secondary N) is 1. The molecular weight excluding hydrogens is 192 g/mol. The molecule has 2 nitrogen and oxygen atoms in total. The summed E-state index contributed by atoms with van der Waals surface area (Å²) in [5.74, 6) is 8.06. The molecule has 2 atom stereocenters. The van der Waals surface area contributed by atoms with Gasteiger partial charge in [0, 0.05) is 10.1 Å². The van der Waals surface area contributed by atoms with E-state index in [1.165, 1.54) is 10.5 Å². The molecule has 1 aromatic rings. The molecule has 0 radical (unpaired) electrons. The summed E-state index contributed by atoms with van der Waals surface area (Å²) in [7, 11) is 0. The van der Waals surface area contributed by atoms with Gasteiger partial charge in [0.1, 0.15) is 0 Å². The number of hydrazine groups is 1. The first-order valence-electron chi connectivity index (χ1n) is 4.52. The number of terminal acetylenes is 1. The second kappa shape index (κ2) is 4.05. The van der Waals surface area contributed by atoms with E-state index in [9.17, 15) is 0 Å². The van der Waals surface area contributed by atoms with E-state index in [2.05, 4.69) is 35.6 Å². The van der Waals surface area contributed by atoms with E-state index in [0.29, 0.717) is 5.25 Å². The zero-order valence-corrected chi connectivity index (χ0v) is 8.55. The van der Waals surface area contributed by atoms with Crippen molar-refractivity contribution in [2.75, 3.05) is 0 Å². The summed E-state index contributed by atoms with van der Waals surface area (Å²) in [6, 6.07) is 8.33. The van der Waals surface area contributed by atoms with Gasteiger partial charge in [-0.05, 0) is 18.1 Å². The Kier molecular flexibility index (Phi) is 2.78. The van der Waals surface area contributed by atoms with Gasteiger partial charge in [-0.2, -0.15) is 0 Å². The average molecular weight is 204 g/mol. The predicted octanol–water partition coefficient (Wildman–Crippen LogP) is 1.17. The molecule has 0 aliphatic carbocycles. The summed E-state index contributed by atoms with van der Waals surface area (Å²) in [6.45, 7) is 0. The number of nitrogens with two attached hydrogens (primary N) is 1. The van der Waals surface area contributed by atoms with Crippen molar-refractivity contribution in [2.45, 2.75) is 22.6 Å². The molecule has 3 N–H and O–H groups in total. The van der Waals surface area contributed by atoms with Crippen LogP contribution in [0.4, 0.5) is 0 Å². The molecule has 1 heterocycles. The fourth-order valence-corrected chi connectivity index (χ4v) is 3.00. The molecule has 3 heteroatoms. The lowest BCUT2D eigenvalue weighted by Crippen LogP contribution is -2.41. The molecule has 1 aromatic carbocycles. The van der Waals surface area contributed by atoms with Crippen LogP contribution >= 0.6 is 11.8 Å². The van der Waals surface area contributed by atoms with Crippen molar-refractivity contribution in [1.82, 2.24) is 5.43 Å². The van der Waals surface area contributed by atoms with Crippen molar-refractivity contribution < 1.29 is 0 Å². The predicted molar refractivity (Wildman–Crippen MR) is 59.7 cm³/mol. The van der Waals surface area contributed by atoms with E-state index in [-0.39, 0.29) is 6.04 Å². The minimum Gasteiger partial charge on any atom is -0.270 e. The lowest BCUT2D eigenvalue weighted by molar-refractivity contribution is 0.610. The molecule has 0 amide bonds. The third-order valence-corrected chi connectivity index (χ3v) is 3.80. The van der Waals surface area contributed by atoms with Crippen LogP contribution in [0.1, 0.15) is 5.56 Å². The lowest BCUT2D eigenvalue weighted by Gasteiger charge is -2.15. The Labute approximate surface area is 88.2 Å². The van der Waals surface area contributed by atoms with Gasteiger partial charge in [0.2, 0.25) is 0 Å². The van der Waals surface area contributed by atoms with Gasteiger partial charge < -0.3 is 0 Å². The zero-order valence-electron chi connectivity index (χ0n) is 7.73. The summed E-state index contributed by atoms with van der Waals surface area (Å²) in [5, 5.41) is 0.363. The first-order chi connectivity index (χ1) is 6.85. The fourth-order valence-electron chi connectivity index (χ4n) is 1.66. The lowest BCUT2D eigenvalue weighted by atomic mass is 10.1. The maximum atomic E-state index is 5.39. The molecule has 0 fully saturated rings. The first kappa shape index (κ1) is 9.60. The third-order valence-electron chi connectivity index (χ3n) is 2.40. The van der Waals surface area contributed by atoms with Crippen molar-refractivity contribution in [3.8, 4) is 12.3 Å². The summed E-state index contributed by atoms with van der Waals surface area (Å²) >= 11 is 1.81. The van der Waals surface area contributed by atoms with E-state index in [0.717, 1.165) is 6.42 Å². The number of rotatable bonds is 2. The van der Waals surface area contributed by atoms with Crippen LogP contribution in [-0.4, -0.2) is 11.3 Å². The molecule has 0 saturated carbocycles. The molecule has 1 aliphatic heterocycles. The number of hydrogen-bond acceptors (Lipinski definition) is 3. The smallest absolute Gasteiger partial charge is 0.0939 e. The summed E-state index contributed by atoms with van der Waals surface area (Å²) < 4.78 is 0. The van der Waals surface area contributed by atoms with Crippen LogP contribution in [0.2, 0.25) is 0 Å². The van der Waals surface area contributed by atoms with Gasteiger partial charge in [-0.1, -0.05) is 24.1 Å². The Morgan fingerprint density at radius 1 is 1.57 bits per heavy atom. The standard InChI is InChI=1S/C11H12N2S/c1-2-9(13-12)11-7-8-5-3-4-6-10(8)14-11/h1,3-6,9,11,13H,7,12H2. The van der Waals surface area contributed by atoms with E-state index in [1.54, 1.807) is 0 Å². The van der Waals surface area contributed by atoms with Gasteiger partial charge >= 0.3 is 0 Å². The monoisotopic (exact) mass is 204 g/mol. The normalized spacial score (nSPS) is 21.3. The van der Waals surface area contributed by atoms with Gasteiger partial charge in [-0.25, -0.2) is 5.43 Å². The average Bonchev–Trinajstić information content (AvgIpc) is 2.63. The van der Waals surface area contributed by atoms with Crippen LogP contribution in [0, 0.1) is 12.3 Å². The Morgan fingerprint density at radius 3 is 3.00 bits per heavy atom. The molecule has 0 saturated heterocycles. The molecule has 0 spiro atoms. The minimum atomic E-state index is -0.0487. The van der Waals surface area contributed by atoms with Crippen LogP contribution in [-0.2, 0) is 6.42 Å². The highest BCUT2D eigenvalue weighted by Crippen LogP contribution is 2.37. The summed E-state index contributed by atoms with van der Waals surface area (Å²) in [5.41, 5.74) is 4.04. The number of fused-ring (bicyclic) bond motifs is 1. The fraction of sp³-hybridized carbons (Fsp3) is 0.273. The van der Waals surface area contributed by atoms with Crippen LogP contribution in [0.15, 0.2) is 29.2 Å². The Balaban J connectivity index is 2.16. The SMILES string of the molecule is C#CC(NN)C1Cc2ccccc2S1. The van der Waals surface area contributed by atoms with Crippen molar-refractivity contribution in [3.63, 3.8) is 0 Å². The quantitative estimate of drug-likeness (QED) is 0.431. The van der Waals surface area contributed by atoms with Crippen LogP contribution in [0.25, 0.3) is 0 Å². The highest BCUT2D eigenvalue weighted by atomic mass is 32.2.